The van der Waals surface area contributed by atoms with Gasteiger partial charge in [-0.25, -0.2) is 4.79 Å². The lowest BCUT2D eigenvalue weighted by Crippen LogP contribution is -3.00. The summed E-state index contributed by atoms with van der Waals surface area (Å²) in [6, 6.07) is 0. The number of ether oxygens (including phenoxy) is 2. The van der Waals surface area contributed by atoms with Crippen molar-refractivity contribution in [3.05, 3.63) is 24.3 Å². The number of esters is 1. The van der Waals surface area contributed by atoms with E-state index in [1.54, 1.807) is 0 Å². The van der Waals surface area contributed by atoms with Crippen LogP contribution in [-0.4, -0.2) is 50.5 Å². The van der Waals surface area contributed by atoms with Gasteiger partial charge >= 0.3 is 5.97 Å². The smallest absolute Gasteiger partial charge is 0.361 e. The molecule has 0 aromatic carbocycles. The van der Waals surface area contributed by atoms with Gasteiger partial charge in [-0.1, -0.05) is 154 Å². The molecule has 0 saturated carbocycles. The number of allylic oxidation sites excluding steroid dienone is 4. The highest BCUT2D eigenvalue weighted by atomic mass is 35.5. The van der Waals surface area contributed by atoms with Gasteiger partial charge in [0.1, 0.15) is 0 Å². The van der Waals surface area contributed by atoms with Crippen LogP contribution in [0.2, 0.25) is 0 Å². The molecular formula is C42H82ClNO3. The maximum atomic E-state index is 12.5. The molecule has 0 rings (SSSR count). The van der Waals surface area contributed by atoms with Crippen LogP contribution in [0.25, 0.3) is 0 Å². The quantitative estimate of drug-likeness (QED) is 0.0217. The van der Waals surface area contributed by atoms with Crippen molar-refractivity contribution in [3.63, 3.8) is 0 Å². The van der Waals surface area contributed by atoms with Crippen molar-refractivity contribution in [1.82, 2.24) is 0 Å². The van der Waals surface area contributed by atoms with Gasteiger partial charge in [-0.2, -0.15) is 0 Å². The first-order valence-electron chi connectivity index (χ1n) is 20.3. The summed E-state index contributed by atoms with van der Waals surface area (Å²) < 4.78 is 12.2. The third-order valence-electron chi connectivity index (χ3n) is 9.46. The Hall–Kier alpha value is -0.840. The van der Waals surface area contributed by atoms with E-state index in [-0.39, 0.29) is 24.6 Å². The molecule has 0 aromatic heterocycles. The molecule has 0 aliphatic rings. The molecule has 47 heavy (non-hydrogen) atoms. The van der Waals surface area contributed by atoms with Crippen molar-refractivity contribution in [1.29, 1.82) is 0 Å². The second kappa shape index (κ2) is 38.0. The first kappa shape index (κ1) is 48.3. The lowest BCUT2D eigenvalue weighted by molar-refractivity contribution is -0.928. The minimum Gasteiger partial charge on any atom is -1.00 e. The maximum absolute atomic E-state index is 12.5. The summed E-state index contributed by atoms with van der Waals surface area (Å²) in [7, 11) is 4.13. The molecule has 0 aromatic rings. The number of carbonyl (C=O) groups excluding carboxylic acids is 1. The maximum Gasteiger partial charge on any atom is 0.361 e. The first-order valence-corrected chi connectivity index (χ1v) is 20.3. The van der Waals surface area contributed by atoms with Gasteiger partial charge in [0.05, 0.1) is 27.3 Å². The van der Waals surface area contributed by atoms with Gasteiger partial charge in [-0.3, -0.25) is 4.48 Å². The van der Waals surface area contributed by atoms with Gasteiger partial charge < -0.3 is 21.9 Å². The molecular weight excluding hydrogens is 602 g/mol. The van der Waals surface area contributed by atoms with Crippen molar-refractivity contribution in [2.24, 2.45) is 0 Å². The van der Waals surface area contributed by atoms with Crippen LogP contribution in [0.1, 0.15) is 201 Å². The van der Waals surface area contributed by atoms with Crippen molar-refractivity contribution in [2.45, 2.75) is 207 Å². The van der Waals surface area contributed by atoms with Crippen molar-refractivity contribution >= 4 is 5.97 Å². The Morgan fingerprint density at radius 2 is 0.830 bits per heavy atom. The molecule has 280 valence electrons. The van der Waals surface area contributed by atoms with Crippen molar-refractivity contribution < 1.29 is 31.2 Å². The van der Waals surface area contributed by atoms with Gasteiger partial charge in [0.2, 0.25) is 0 Å². The van der Waals surface area contributed by atoms with E-state index in [1.165, 1.54) is 161 Å². The summed E-state index contributed by atoms with van der Waals surface area (Å²) in [6.45, 7) is 8.32. The van der Waals surface area contributed by atoms with E-state index in [2.05, 4.69) is 59.2 Å². The lowest BCUT2D eigenvalue weighted by Gasteiger charge is -2.34. The Labute approximate surface area is 301 Å². The number of nitrogens with zero attached hydrogens (tertiary/aromatic N) is 1. The monoisotopic (exact) mass is 684 g/mol. The predicted octanol–water partition coefficient (Wildman–Crippen LogP) is 10.0. The van der Waals surface area contributed by atoms with E-state index in [0.29, 0.717) is 17.6 Å². The predicted molar refractivity (Wildman–Crippen MR) is 202 cm³/mol. The summed E-state index contributed by atoms with van der Waals surface area (Å²) in [5, 5.41) is 0. The molecule has 0 amide bonds. The van der Waals surface area contributed by atoms with E-state index >= 15 is 0 Å². The molecule has 0 saturated heterocycles. The minimum atomic E-state index is -0.106. The van der Waals surface area contributed by atoms with Crippen LogP contribution in [0.4, 0.5) is 0 Å². The number of likely N-dealkylation sites (N-methyl/N-ethyl adjacent to an activating group) is 1. The fourth-order valence-corrected chi connectivity index (χ4v) is 5.85. The molecule has 1 atom stereocenters. The summed E-state index contributed by atoms with van der Waals surface area (Å²) in [5.41, 5.74) is 0. The Kier molecular flexibility index (Phi) is 39.0. The van der Waals surface area contributed by atoms with Gasteiger partial charge in [-0.15, -0.1) is 0 Å². The molecule has 0 heterocycles. The fourth-order valence-electron chi connectivity index (χ4n) is 5.85. The highest BCUT2D eigenvalue weighted by molar-refractivity contribution is 5.70. The third-order valence-corrected chi connectivity index (χ3v) is 9.46. The van der Waals surface area contributed by atoms with Gasteiger partial charge in [0.15, 0.2) is 12.8 Å². The van der Waals surface area contributed by atoms with Crippen LogP contribution >= 0.6 is 0 Å². The minimum absolute atomic E-state index is 0. The van der Waals surface area contributed by atoms with Crippen LogP contribution < -0.4 is 12.4 Å². The van der Waals surface area contributed by atoms with Crippen molar-refractivity contribution in [3.8, 4) is 0 Å². The number of unbranched alkanes of at least 4 members (excludes halogenated alkanes) is 24. The molecule has 0 radical (unpaired) electrons. The van der Waals surface area contributed by atoms with Crippen LogP contribution in [0.3, 0.4) is 0 Å². The summed E-state index contributed by atoms with van der Waals surface area (Å²) >= 11 is 0. The molecule has 5 heteroatoms. The van der Waals surface area contributed by atoms with E-state index in [9.17, 15) is 4.79 Å². The molecule has 4 nitrogen and oxygen atoms in total. The molecule has 0 N–H and O–H groups in total. The normalized spacial score (nSPS) is 12.6. The van der Waals surface area contributed by atoms with Crippen LogP contribution in [0, 0.1) is 0 Å². The number of rotatable bonds is 36. The fraction of sp³-hybridized carbons (Fsp3) is 0.881. The summed E-state index contributed by atoms with van der Waals surface area (Å²) in [6.07, 6.45) is 46.0. The first-order chi connectivity index (χ1) is 22.4. The zero-order valence-corrected chi connectivity index (χ0v) is 33.1. The highest BCUT2D eigenvalue weighted by Gasteiger charge is 2.28. The topological polar surface area (TPSA) is 35.5 Å². The van der Waals surface area contributed by atoms with E-state index < -0.39 is 0 Å². The summed E-state index contributed by atoms with van der Waals surface area (Å²) in [5.74, 6) is -0.106. The lowest BCUT2D eigenvalue weighted by atomic mass is 10.1. The van der Waals surface area contributed by atoms with Crippen LogP contribution in [0.5, 0.6) is 0 Å². The van der Waals surface area contributed by atoms with E-state index in [1.807, 2.05) is 0 Å². The SMILES string of the molecule is CCCCCCCC/C=C\CCCCCCCCOC(=O)C[N+](C)(C)C(C)OCCCCCCCC/C=C\CCCCCCCC.[Cl-]. The molecule has 0 bridgehead atoms. The second-order valence-electron chi connectivity index (χ2n) is 14.5. The third kappa shape index (κ3) is 36.3. The van der Waals surface area contributed by atoms with E-state index in [0.717, 1.165) is 25.9 Å². The van der Waals surface area contributed by atoms with Gasteiger partial charge in [0.25, 0.3) is 0 Å². The number of carbonyl (C=O) groups is 1. The second-order valence-corrected chi connectivity index (χ2v) is 14.5. The largest absolute Gasteiger partial charge is 1.00 e. The molecule has 1 unspecified atom stereocenters. The van der Waals surface area contributed by atoms with Gasteiger partial charge in [0, 0.05) is 6.92 Å². The number of quaternary nitrogens is 1. The van der Waals surface area contributed by atoms with Crippen molar-refractivity contribution in [2.75, 3.05) is 33.9 Å². The highest BCUT2D eigenvalue weighted by Crippen LogP contribution is 2.14. The molecule has 0 spiro atoms. The van der Waals surface area contributed by atoms with Crippen LogP contribution in [-0.2, 0) is 14.3 Å². The zero-order chi connectivity index (χ0) is 33.8. The Morgan fingerprint density at radius 1 is 0.511 bits per heavy atom. The summed E-state index contributed by atoms with van der Waals surface area (Å²) in [4.78, 5) is 12.5. The molecule has 0 aliphatic carbocycles. The average molecular weight is 685 g/mol. The average Bonchev–Trinajstić information content (AvgIpc) is 3.03. The van der Waals surface area contributed by atoms with Crippen LogP contribution in [0.15, 0.2) is 24.3 Å². The molecule has 0 fully saturated rings. The standard InChI is InChI=1S/C42H82NO3.ClH/c1-6-8-10-12-14-16-18-20-22-24-26-28-30-32-34-36-38-45-41(3)43(4,5)40-42(44)46-39-37-35-33-31-29-27-25-23-21-19-17-15-13-11-9-7-2;/h20-23,41H,6-19,24-40H2,1-5H3;1H/q+1;/p-1/b22-20-,23-21-;. The Balaban J connectivity index is 0. The number of hydrogen-bond acceptors (Lipinski definition) is 3. The molecule has 0 aliphatic heterocycles. The zero-order valence-electron chi connectivity index (χ0n) is 32.4. The van der Waals surface area contributed by atoms with E-state index in [4.69, 9.17) is 9.47 Å². The Bertz CT molecular complexity index is 693. The van der Waals surface area contributed by atoms with Gasteiger partial charge in [-0.05, 0) is 64.2 Å². The number of hydrogen-bond donors (Lipinski definition) is 0. The Morgan fingerprint density at radius 3 is 1.21 bits per heavy atom. The number of halogens is 1.